The Bertz CT molecular complexity index is 1380. The Kier molecular flexibility index (Phi) is 8.00. The average Bonchev–Trinajstić information content (AvgIpc) is 3.44. The summed E-state index contributed by atoms with van der Waals surface area (Å²) >= 11 is 0. The van der Waals surface area contributed by atoms with Crippen LogP contribution < -0.4 is 4.90 Å². The monoisotopic (exact) mass is 589 g/mol. The van der Waals surface area contributed by atoms with E-state index in [1.54, 1.807) is 0 Å². The first-order chi connectivity index (χ1) is 18.4. The summed E-state index contributed by atoms with van der Waals surface area (Å²) in [6.45, 7) is 5.52. The zero-order chi connectivity index (χ0) is 28.3. The predicted molar refractivity (Wildman–Crippen MR) is 135 cm³/mol. The summed E-state index contributed by atoms with van der Waals surface area (Å²) in [6.07, 6.45) is -1.50. The Hall–Kier alpha value is -3.09. The van der Waals surface area contributed by atoms with Crippen LogP contribution in [-0.4, -0.2) is 46.6 Å². The van der Waals surface area contributed by atoms with Gasteiger partial charge in [-0.1, -0.05) is 13.8 Å². The summed E-state index contributed by atoms with van der Waals surface area (Å²) in [4.78, 5) is 20.8. The molecule has 5 rings (SSSR count). The normalized spacial score (nSPS) is 22.4. The minimum atomic E-state index is -5.16. The van der Waals surface area contributed by atoms with Gasteiger partial charge in [-0.25, -0.2) is 18.2 Å². The Labute approximate surface area is 232 Å². The van der Waals surface area contributed by atoms with E-state index in [1.165, 1.54) is 12.3 Å². The maximum atomic E-state index is 15.0. The molecule has 6 nitrogen and oxygen atoms in total. The van der Waals surface area contributed by atoms with Crippen LogP contribution in [0.25, 0.3) is 11.5 Å². The van der Waals surface area contributed by atoms with Crippen molar-refractivity contribution in [2.45, 2.75) is 44.5 Å². The summed E-state index contributed by atoms with van der Waals surface area (Å²) < 4.78 is 92.2. The van der Waals surface area contributed by atoms with Gasteiger partial charge in [0, 0.05) is 35.8 Å². The first-order valence-electron chi connectivity index (χ1n) is 12.5. The number of hydrogen-bond donors (Lipinski definition) is 1. The highest BCUT2D eigenvalue weighted by Crippen LogP contribution is 2.53. The second-order valence-corrected chi connectivity index (χ2v) is 9.84. The van der Waals surface area contributed by atoms with Gasteiger partial charge < -0.3 is 19.3 Å². The van der Waals surface area contributed by atoms with Crippen molar-refractivity contribution in [2.75, 3.05) is 24.5 Å². The van der Waals surface area contributed by atoms with Crippen molar-refractivity contribution in [3.8, 4) is 11.5 Å². The third kappa shape index (κ3) is 4.75. The van der Waals surface area contributed by atoms with Gasteiger partial charge in [0.1, 0.15) is 23.7 Å². The van der Waals surface area contributed by atoms with Gasteiger partial charge in [-0.15, -0.1) is 12.4 Å². The number of carbonyl (C=O) groups excluding carboxylic acids is 1. The van der Waals surface area contributed by atoms with Crippen LogP contribution >= 0.6 is 12.4 Å². The zero-order valence-electron chi connectivity index (χ0n) is 21.4. The summed E-state index contributed by atoms with van der Waals surface area (Å²) in [5.41, 5.74) is -7.83. The second-order valence-electron chi connectivity index (χ2n) is 9.84. The van der Waals surface area contributed by atoms with Crippen molar-refractivity contribution in [2.24, 2.45) is 5.92 Å². The number of carbonyl (C=O) groups is 1. The number of nitrogens with zero attached hydrogens (tertiary/aromatic N) is 3. The number of anilines is 1. The third-order valence-electron chi connectivity index (χ3n) is 7.66. The molecule has 2 aliphatic rings. The number of amides is 1. The van der Waals surface area contributed by atoms with Gasteiger partial charge in [-0.05, 0) is 44.0 Å². The van der Waals surface area contributed by atoms with Crippen LogP contribution in [0.4, 0.5) is 32.0 Å². The van der Waals surface area contributed by atoms with Gasteiger partial charge in [0.25, 0.3) is 5.91 Å². The first-order valence-corrected chi connectivity index (χ1v) is 12.5. The van der Waals surface area contributed by atoms with Crippen LogP contribution in [0, 0.1) is 23.4 Å². The minimum absolute atomic E-state index is 0. The van der Waals surface area contributed by atoms with Gasteiger partial charge in [0.15, 0.2) is 0 Å². The smallest absolute Gasteiger partial charge is 0.416 e. The van der Waals surface area contributed by atoms with E-state index in [0.29, 0.717) is 18.9 Å². The molecule has 0 bridgehead atoms. The SMILES string of the molecule is CCN(CC)C1CC(CN2C(=O)C(O)(c3c(F)cc(F)cc3F)c3c2cc(-c2ncco2)cc3C(F)(F)F)C1.Cl. The average molecular weight is 590 g/mol. The van der Waals surface area contributed by atoms with Crippen molar-refractivity contribution >= 4 is 24.0 Å². The minimum Gasteiger partial charge on any atom is -0.445 e. The summed E-state index contributed by atoms with van der Waals surface area (Å²) in [7, 11) is 0. The number of hydrogen-bond acceptors (Lipinski definition) is 5. The van der Waals surface area contributed by atoms with Crippen molar-refractivity contribution in [1.82, 2.24) is 9.88 Å². The van der Waals surface area contributed by atoms with E-state index < -0.39 is 51.8 Å². The van der Waals surface area contributed by atoms with E-state index in [9.17, 15) is 36.2 Å². The molecule has 1 fully saturated rings. The number of alkyl halides is 3. The molecular weight excluding hydrogens is 564 g/mol. The van der Waals surface area contributed by atoms with Crippen LogP contribution in [0.3, 0.4) is 0 Å². The third-order valence-corrected chi connectivity index (χ3v) is 7.66. The van der Waals surface area contributed by atoms with Gasteiger partial charge in [0.2, 0.25) is 11.5 Å². The molecule has 1 atom stereocenters. The Morgan fingerprint density at radius 3 is 2.23 bits per heavy atom. The molecule has 1 aromatic heterocycles. The van der Waals surface area contributed by atoms with Gasteiger partial charge in [-0.3, -0.25) is 4.79 Å². The van der Waals surface area contributed by atoms with Crippen molar-refractivity contribution in [3.63, 3.8) is 0 Å². The number of aromatic nitrogens is 1. The quantitative estimate of drug-likeness (QED) is 0.348. The van der Waals surface area contributed by atoms with Gasteiger partial charge >= 0.3 is 6.18 Å². The molecule has 1 N–H and O–H groups in total. The highest BCUT2D eigenvalue weighted by atomic mass is 35.5. The van der Waals surface area contributed by atoms with E-state index in [-0.39, 0.29) is 60.2 Å². The predicted octanol–water partition coefficient (Wildman–Crippen LogP) is 5.90. The highest BCUT2D eigenvalue weighted by Gasteiger charge is 2.58. The van der Waals surface area contributed by atoms with Gasteiger partial charge in [0.05, 0.1) is 23.0 Å². The Morgan fingerprint density at radius 1 is 1.07 bits per heavy atom. The largest absolute Gasteiger partial charge is 0.445 e. The fourth-order valence-electron chi connectivity index (χ4n) is 5.79. The van der Waals surface area contributed by atoms with Crippen molar-refractivity contribution < 1.29 is 40.7 Å². The van der Waals surface area contributed by atoms with Crippen molar-refractivity contribution in [3.05, 3.63) is 70.9 Å². The highest BCUT2D eigenvalue weighted by molar-refractivity contribution is 6.10. The summed E-state index contributed by atoms with van der Waals surface area (Å²) in [5, 5.41) is 11.7. The summed E-state index contributed by atoms with van der Waals surface area (Å²) in [6, 6.07) is 2.41. The molecule has 1 saturated carbocycles. The van der Waals surface area contributed by atoms with E-state index >= 15 is 0 Å². The molecule has 3 aromatic rings. The molecule has 2 heterocycles. The molecule has 216 valence electrons. The van der Waals surface area contributed by atoms with Crippen molar-refractivity contribution in [1.29, 1.82) is 0 Å². The lowest BCUT2D eigenvalue weighted by molar-refractivity contribution is -0.142. The lowest BCUT2D eigenvalue weighted by Crippen LogP contribution is -2.50. The number of halogens is 7. The molecule has 0 radical (unpaired) electrons. The lowest BCUT2D eigenvalue weighted by Gasteiger charge is -2.43. The molecule has 40 heavy (non-hydrogen) atoms. The molecule has 1 aliphatic heterocycles. The number of benzene rings is 2. The van der Waals surface area contributed by atoms with E-state index in [0.717, 1.165) is 24.3 Å². The molecule has 1 amide bonds. The molecule has 13 heteroatoms. The summed E-state index contributed by atoms with van der Waals surface area (Å²) in [5.74, 6) is -6.42. The Morgan fingerprint density at radius 2 is 1.70 bits per heavy atom. The fraction of sp³-hybridized carbons (Fsp3) is 0.407. The van der Waals surface area contributed by atoms with Crippen LogP contribution in [0.5, 0.6) is 0 Å². The van der Waals surface area contributed by atoms with Crippen LogP contribution in [-0.2, 0) is 16.6 Å². The lowest BCUT2D eigenvalue weighted by atomic mass is 9.78. The number of fused-ring (bicyclic) bond motifs is 1. The standard InChI is InChI=1S/C27H25F6N3O3.ClH/c1-3-35(4-2)17-7-14(8-17)13-36-21-10-15(24-34-5-6-39-24)9-18(27(31,32)33)22(21)26(38,25(36)37)23-19(29)11-16(28)12-20(23)30;/h5-6,9-12,14,17,38H,3-4,7-8,13H2,1-2H3;1H. The number of aliphatic hydroxyl groups is 1. The maximum Gasteiger partial charge on any atom is 0.416 e. The number of oxazole rings is 1. The number of rotatable bonds is 7. The fourth-order valence-corrected chi connectivity index (χ4v) is 5.79. The van der Waals surface area contributed by atoms with E-state index in [1.807, 2.05) is 13.8 Å². The maximum absolute atomic E-state index is 15.0. The van der Waals surface area contributed by atoms with E-state index in [4.69, 9.17) is 4.42 Å². The second kappa shape index (κ2) is 10.7. The van der Waals surface area contributed by atoms with Crippen LogP contribution in [0.15, 0.2) is 41.1 Å². The zero-order valence-corrected chi connectivity index (χ0v) is 22.3. The first kappa shape index (κ1) is 29.9. The molecule has 1 unspecified atom stereocenters. The molecule has 0 saturated heterocycles. The topological polar surface area (TPSA) is 69.8 Å². The Balaban J connectivity index is 0.00000370. The molecule has 2 aromatic carbocycles. The molecular formula is C27H26ClF6N3O3. The molecule has 1 aliphatic carbocycles. The van der Waals surface area contributed by atoms with Crippen LogP contribution in [0.2, 0.25) is 0 Å². The van der Waals surface area contributed by atoms with Crippen LogP contribution in [0.1, 0.15) is 43.4 Å². The molecule has 0 spiro atoms. The van der Waals surface area contributed by atoms with Gasteiger partial charge in [-0.2, -0.15) is 13.2 Å². The van der Waals surface area contributed by atoms with E-state index in [2.05, 4.69) is 9.88 Å².